The van der Waals surface area contributed by atoms with E-state index in [2.05, 4.69) is 15.9 Å². The second-order valence-corrected chi connectivity index (χ2v) is 7.58. The number of hydrogen-bond donors (Lipinski definition) is 1. The number of aliphatic hydroxyl groups excluding tert-OH is 1. The van der Waals surface area contributed by atoms with E-state index >= 15 is 0 Å². The summed E-state index contributed by atoms with van der Waals surface area (Å²) < 4.78 is 29.4. The number of rotatable bonds is 4. The van der Waals surface area contributed by atoms with Gasteiger partial charge in [-0.2, -0.15) is 0 Å². The molecule has 2 aromatic carbocycles. The molecule has 0 aliphatic rings. The minimum absolute atomic E-state index is 0.205. The molecular formula is C15H15BrO4S. The van der Waals surface area contributed by atoms with Crippen LogP contribution in [0.2, 0.25) is 0 Å². The fourth-order valence-corrected chi connectivity index (χ4v) is 2.89. The van der Waals surface area contributed by atoms with Gasteiger partial charge in [0.15, 0.2) is 9.84 Å². The first-order valence-electron chi connectivity index (χ1n) is 6.23. The van der Waals surface area contributed by atoms with E-state index in [1.54, 1.807) is 37.3 Å². The Balaban J connectivity index is 2.31. The second kappa shape index (κ2) is 6.17. The minimum Gasteiger partial charge on any atom is -0.456 e. The van der Waals surface area contributed by atoms with E-state index < -0.39 is 15.9 Å². The lowest BCUT2D eigenvalue weighted by Gasteiger charge is -2.11. The first kappa shape index (κ1) is 16.0. The summed E-state index contributed by atoms with van der Waals surface area (Å²) in [5.74, 6) is 0.980. The first-order chi connectivity index (χ1) is 9.77. The number of halogens is 1. The summed E-state index contributed by atoms with van der Waals surface area (Å²) >= 11 is 3.38. The third-order valence-electron chi connectivity index (χ3n) is 2.90. The van der Waals surface area contributed by atoms with Crippen LogP contribution in [0.3, 0.4) is 0 Å². The van der Waals surface area contributed by atoms with Crippen molar-refractivity contribution < 1.29 is 18.3 Å². The maximum Gasteiger partial charge on any atom is 0.175 e. The molecule has 0 heterocycles. The van der Waals surface area contributed by atoms with Gasteiger partial charge in [0.05, 0.1) is 15.5 Å². The lowest BCUT2D eigenvalue weighted by atomic mass is 10.1. The largest absolute Gasteiger partial charge is 0.456 e. The van der Waals surface area contributed by atoms with Crippen LogP contribution < -0.4 is 4.74 Å². The van der Waals surface area contributed by atoms with Gasteiger partial charge in [-0.25, -0.2) is 8.42 Å². The Hall–Kier alpha value is -1.37. The van der Waals surface area contributed by atoms with E-state index in [1.807, 2.05) is 0 Å². The molecule has 0 bridgehead atoms. The molecule has 0 aliphatic carbocycles. The molecule has 4 nitrogen and oxygen atoms in total. The predicted octanol–water partition coefficient (Wildman–Crippen LogP) is 3.70. The predicted molar refractivity (Wildman–Crippen MR) is 84.4 cm³/mol. The van der Waals surface area contributed by atoms with Crippen molar-refractivity contribution in [3.05, 3.63) is 52.5 Å². The summed E-state index contributed by atoms with van der Waals surface area (Å²) in [6.07, 6.45) is 0.586. The molecule has 0 aromatic heterocycles. The van der Waals surface area contributed by atoms with Crippen LogP contribution in [0.5, 0.6) is 11.5 Å². The summed E-state index contributed by atoms with van der Waals surface area (Å²) in [6, 6.07) is 11.6. The third-order valence-corrected chi connectivity index (χ3v) is 4.63. The zero-order valence-corrected chi connectivity index (χ0v) is 14.0. The highest BCUT2D eigenvalue weighted by atomic mass is 79.9. The third kappa shape index (κ3) is 4.06. The van der Waals surface area contributed by atoms with Gasteiger partial charge in [0.1, 0.15) is 11.5 Å². The summed E-state index contributed by atoms with van der Waals surface area (Å²) in [5, 5.41) is 9.53. The Morgan fingerprint density at radius 2 is 1.90 bits per heavy atom. The number of benzene rings is 2. The Labute approximate surface area is 132 Å². The smallest absolute Gasteiger partial charge is 0.175 e. The molecule has 1 atom stereocenters. The summed E-state index contributed by atoms with van der Waals surface area (Å²) in [5.41, 5.74) is 0.763. The van der Waals surface area contributed by atoms with Crippen molar-refractivity contribution in [2.24, 2.45) is 0 Å². The van der Waals surface area contributed by atoms with Crippen LogP contribution in [0.1, 0.15) is 18.6 Å². The van der Waals surface area contributed by atoms with Crippen LogP contribution in [0, 0.1) is 0 Å². The maximum absolute atomic E-state index is 11.5. The lowest BCUT2D eigenvalue weighted by molar-refractivity contribution is 0.199. The van der Waals surface area contributed by atoms with Gasteiger partial charge in [-0.05, 0) is 58.7 Å². The van der Waals surface area contributed by atoms with E-state index in [0.717, 1.165) is 11.8 Å². The Morgan fingerprint density at radius 1 is 1.19 bits per heavy atom. The van der Waals surface area contributed by atoms with Crippen LogP contribution >= 0.6 is 15.9 Å². The molecule has 6 heteroatoms. The minimum atomic E-state index is -3.27. The second-order valence-electron chi connectivity index (χ2n) is 4.71. The number of ether oxygens (including phenoxy) is 1. The molecule has 0 fully saturated rings. The molecule has 112 valence electrons. The van der Waals surface area contributed by atoms with Gasteiger partial charge in [-0.3, -0.25) is 0 Å². The van der Waals surface area contributed by atoms with Crippen LogP contribution in [0.15, 0.2) is 51.8 Å². The van der Waals surface area contributed by atoms with Gasteiger partial charge in [0.25, 0.3) is 0 Å². The average molecular weight is 371 g/mol. The van der Waals surface area contributed by atoms with Crippen LogP contribution in [-0.4, -0.2) is 19.8 Å². The number of aliphatic hydroxyl groups is 1. The monoisotopic (exact) mass is 370 g/mol. The van der Waals surface area contributed by atoms with Crippen molar-refractivity contribution in [2.75, 3.05) is 6.26 Å². The molecule has 21 heavy (non-hydrogen) atoms. The van der Waals surface area contributed by atoms with Gasteiger partial charge >= 0.3 is 0 Å². The van der Waals surface area contributed by atoms with Crippen LogP contribution in [0.25, 0.3) is 0 Å². The Bertz CT molecular complexity index is 754. The lowest BCUT2D eigenvalue weighted by Crippen LogP contribution is -1.97. The van der Waals surface area contributed by atoms with Crippen LogP contribution in [0.4, 0.5) is 0 Å². The van der Waals surface area contributed by atoms with E-state index in [4.69, 9.17) is 4.74 Å². The van der Waals surface area contributed by atoms with Gasteiger partial charge in [-0.1, -0.05) is 12.1 Å². The SMILES string of the molecule is CC(O)c1ccc(Oc2cccc(S(C)(=O)=O)c2)c(Br)c1. The average Bonchev–Trinajstić information content (AvgIpc) is 2.40. The topological polar surface area (TPSA) is 63.6 Å². The number of sulfone groups is 1. The summed E-state index contributed by atoms with van der Waals surface area (Å²) in [6.45, 7) is 1.68. The van der Waals surface area contributed by atoms with E-state index in [9.17, 15) is 13.5 Å². The van der Waals surface area contributed by atoms with Crippen molar-refractivity contribution in [3.63, 3.8) is 0 Å². The Morgan fingerprint density at radius 3 is 2.48 bits per heavy atom. The zero-order chi connectivity index (χ0) is 15.6. The highest BCUT2D eigenvalue weighted by molar-refractivity contribution is 9.10. The van der Waals surface area contributed by atoms with Gasteiger partial charge in [-0.15, -0.1) is 0 Å². The fraction of sp³-hybridized carbons (Fsp3) is 0.200. The van der Waals surface area contributed by atoms with E-state index in [0.29, 0.717) is 16.0 Å². The van der Waals surface area contributed by atoms with Crippen LogP contribution in [-0.2, 0) is 9.84 Å². The van der Waals surface area contributed by atoms with Crippen molar-refractivity contribution in [2.45, 2.75) is 17.9 Å². The van der Waals surface area contributed by atoms with Gasteiger partial charge in [0.2, 0.25) is 0 Å². The first-order valence-corrected chi connectivity index (χ1v) is 8.91. The molecule has 1 N–H and O–H groups in total. The van der Waals surface area contributed by atoms with E-state index in [1.165, 1.54) is 12.1 Å². The van der Waals surface area contributed by atoms with Crippen molar-refractivity contribution in [3.8, 4) is 11.5 Å². The molecule has 0 radical (unpaired) electrons. The normalized spacial score (nSPS) is 13.0. The molecule has 0 amide bonds. The molecule has 1 unspecified atom stereocenters. The zero-order valence-electron chi connectivity index (χ0n) is 11.6. The molecule has 2 aromatic rings. The van der Waals surface area contributed by atoms with Gasteiger partial charge in [0, 0.05) is 6.26 Å². The molecule has 0 aliphatic heterocycles. The standard InChI is InChI=1S/C15H15BrO4S/c1-10(17)11-6-7-15(14(16)8-11)20-12-4-3-5-13(9-12)21(2,18)19/h3-10,17H,1-2H3. The fourth-order valence-electron chi connectivity index (χ4n) is 1.76. The van der Waals surface area contributed by atoms with Crippen molar-refractivity contribution in [1.82, 2.24) is 0 Å². The number of hydrogen-bond acceptors (Lipinski definition) is 4. The molecule has 0 saturated carbocycles. The summed E-state index contributed by atoms with van der Waals surface area (Å²) in [7, 11) is -3.27. The van der Waals surface area contributed by atoms with Gasteiger partial charge < -0.3 is 9.84 Å². The molecule has 0 saturated heterocycles. The Kier molecular flexibility index (Phi) is 4.70. The summed E-state index contributed by atoms with van der Waals surface area (Å²) in [4.78, 5) is 0.205. The molecule has 2 rings (SSSR count). The molecular weight excluding hydrogens is 356 g/mol. The maximum atomic E-state index is 11.5. The quantitative estimate of drug-likeness (QED) is 0.890. The van der Waals surface area contributed by atoms with E-state index in [-0.39, 0.29) is 4.90 Å². The highest BCUT2D eigenvalue weighted by Crippen LogP contribution is 2.32. The molecule has 0 spiro atoms. The highest BCUT2D eigenvalue weighted by Gasteiger charge is 2.10. The van der Waals surface area contributed by atoms with Crippen molar-refractivity contribution >= 4 is 25.8 Å². The van der Waals surface area contributed by atoms with Crippen molar-refractivity contribution in [1.29, 1.82) is 0 Å².